The van der Waals surface area contributed by atoms with Gasteiger partial charge in [-0.3, -0.25) is 0 Å². The van der Waals surface area contributed by atoms with Gasteiger partial charge in [0.2, 0.25) is 0 Å². The summed E-state index contributed by atoms with van der Waals surface area (Å²) in [5.41, 5.74) is 6.04. The molecule has 1 N–H and O–H groups in total. The molecule has 0 saturated carbocycles. The predicted molar refractivity (Wildman–Crippen MR) is 145 cm³/mol. The van der Waals surface area contributed by atoms with Crippen molar-refractivity contribution in [2.24, 2.45) is 0 Å². The molecule has 0 bridgehead atoms. The normalized spacial score (nSPS) is 11.4. The fraction of sp³-hybridized carbons (Fsp3) is 0.143. The lowest BCUT2D eigenvalue weighted by Gasteiger charge is -2.15. The molecule has 35 heavy (non-hydrogen) atoms. The summed E-state index contributed by atoms with van der Waals surface area (Å²) in [6.07, 6.45) is 1.58. The number of nitrogens with zero attached hydrogens (tertiary/aromatic N) is 4. The zero-order valence-corrected chi connectivity index (χ0v) is 20.9. The molecule has 0 atom stereocenters. The van der Waals surface area contributed by atoms with Gasteiger partial charge in [0.05, 0.1) is 22.6 Å². The van der Waals surface area contributed by atoms with Crippen LogP contribution in [0.1, 0.15) is 11.3 Å². The Balaban J connectivity index is 1.85. The molecule has 0 fully saturated rings. The van der Waals surface area contributed by atoms with Crippen LogP contribution in [0.3, 0.4) is 0 Å². The monoisotopic (exact) mass is 486 g/mol. The molecule has 0 spiro atoms. The van der Waals surface area contributed by atoms with E-state index in [1.54, 1.807) is 30.3 Å². The highest BCUT2D eigenvalue weighted by Gasteiger charge is 2.16. The van der Waals surface area contributed by atoms with Crippen molar-refractivity contribution in [3.63, 3.8) is 0 Å². The van der Waals surface area contributed by atoms with E-state index in [0.717, 1.165) is 28.3 Å². The van der Waals surface area contributed by atoms with E-state index in [9.17, 15) is 9.90 Å². The number of hydrogen-bond donors (Lipinski definition) is 1. The van der Waals surface area contributed by atoms with E-state index in [2.05, 4.69) is 0 Å². The molecule has 4 rings (SSSR count). The summed E-state index contributed by atoms with van der Waals surface area (Å²) in [4.78, 5) is 16.2. The maximum absolute atomic E-state index is 12.1. The Bertz CT molecular complexity index is 1300. The number of carboxylic acids is 1. The molecule has 0 amide bonds. The standard InChI is InChI=1S/C28H27ClN4O2/c1-31(2)23-10-8-19(9-11-23)27-18-22(17-26(28(34)35)20-6-5-7-21(29)16-20)30-33(27)25-14-12-24(13-15-25)32(3)4/h5-18H,1-4H3,(H,34,35)/b26-17-. The third kappa shape index (κ3) is 5.39. The molecule has 4 aromatic rings. The van der Waals surface area contributed by atoms with Crippen molar-refractivity contribution >= 4 is 40.6 Å². The number of anilines is 2. The lowest BCUT2D eigenvalue weighted by molar-refractivity contribution is -0.130. The predicted octanol–water partition coefficient (Wildman–Crippen LogP) is 5.95. The van der Waals surface area contributed by atoms with E-state index in [1.807, 2.05) is 97.3 Å². The van der Waals surface area contributed by atoms with E-state index in [1.165, 1.54) is 0 Å². The second-order valence-corrected chi connectivity index (χ2v) is 9.03. The number of aromatic nitrogens is 2. The Hall–Kier alpha value is -4.03. The number of carbonyl (C=O) groups is 1. The van der Waals surface area contributed by atoms with Crippen LogP contribution in [0.15, 0.2) is 78.9 Å². The third-order valence-electron chi connectivity index (χ3n) is 5.68. The van der Waals surface area contributed by atoms with Crippen LogP contribution in [0.4, 0.5) is 11.4 Å². The van der Waals surface area contributed by atoms with Crippen molar-refractivity contribution in [2.45, 2.75) is 0 Å². The first-order valence-corrected chi connectivity index (χ1v) is 11.5. The first kappa shape index (κ1) is 24.1. The van der Waals surface area contributed by atoms with E-state index >= 15 is 0 Å². The summed E-state index contributed by atoms with van der Waals surface area (Å²) in [5.74, 6) is -1.05. The number of rotatable bonds is 7. The molecule has 0 aliphatic heterocycles. The molecular weight excluding hydrogens is 460 g/mol. The van der Waals surface area contributed by atoms with E-state index in [-0.39, 0.29) is 5.57 Å². The first-order chi connectivity index (χ1) is 16.7. The van der Waals surface area contributed by atoms with Gasteiger partial charge in [0.25, 0.3) is 0 Å². The topological polar surface area (TPSA) is 61.6 Å². The fourth-order valence-electron chi connectivity index (χ4n) is 3.77. The highest BCUT2D eigenvalue weighted by molar-refractivity contribution is 6.31. The Kier molecular flexibility index (Phi) is 6.94. The van der Waals surface area contributed by atoms with Crippen LogP contribution in [0.2, 0.25) is 5.02 Å². The van der Waals surface area contributed by atoms with Crippen LogP contribution < -0.4 is 9.80 Å². The smallest absolute Gasteiger partial charge is 0.336 e. The molecule has 0 aliphatic rings. The van der Waals surface area contributed by atoms with E-state index in [0.29, 0.717) is 16.3 Å². The zero-order valence-electron chi connectivity index (χ0n) is 20.1. The highest BCUT2D eigenvalue weighted by Crippen LogP contribution is 2.29. The Morgan fingerprint density at radius 3 is 2.03 bits per heavy atom. The lowest BCUT2D eigenvalue weighted by atomic mass is 10.0. The summed E-state index contributed by atoms with van der Waals surface area (Å²) < 4.78 is 1.84. The summed E-state index contributed by atoms with van der Waals surface area (Å²) in [7, 11) is 7.98. The maximum Gasteiger partial charge on any atom is 0.336 e. The Morgan fingerprint density at radius 2 is 1.49 bits per heavy atom. The fourth-order valence-corrected chi connectivity index (χ4v) is 3.96. The van der Waals surface area contributed by atoms with Crippen LogP contribution in [-0.2, 0) is 4.79 Å². The van der Waals surface area contributed by atoms with E-state index < -0.39 is 5.97 Å². The Morgan fingerprint density at radius 1 is 0.886 bits per heavy atom. The second kappa shape index (κ2) is 10.1. The molecule has 0 saturated heterocycles. The van der Waals surface area contributed by atoms with Gasteiger partial charge in [0.15, 0.2) is 0 Å². The van der Waals surface area contributed by atoms with Gasteiger partial charge in [-0.25, -0.2) is 9.48 Å². The highest BCUT2D eigenvalue weighted by atomic mass is 35.5. The second-order valence-electron chi connectivity index (χ2n) is 8.59. The van der Waals surface area contributed by atoms with E-state index in [4.69, 9.17) is 16.7 Å². The minimum absolute atomic E-state index is 0.120. The van der Waals surface area contributed by atoms with Crippen molar-refractivity contribution < 1.29 is 9.90 Å². The zero-order chi connectivity index (χ0) is 25.1. The summed E-state index contributed by atoms with van der Waals surface area (Å²) >= 11 is 6.11. The van der Waals surface area contributed by atoms with Gasteiger partial charge in [-0.15, -0.1) is 0 Å². The number of halogens is 1. The van der Waals surface area contributed by atoms with Gasteiger partial charge in [-0.1, -0.05) is 35.9 Å². The number of carboxylic acid groups (broad SMARTS) is 1. The average Bonchev–Trinajstić information content (AvgIpc) is 3.26. The summed E-state index contributed by atoms with van der Waals surface area (Å²) in [6.45, 7) is 0. The molecule has 178 valence electrons. The van der Waals surface area contributed by atoms with Crippen molar-refractivity contribution in [2.75, 3.05) is 38.0 Å². The van der Waals surface area contributed by atoms with Crippen molar-refractivity contribution in [3.05, 3.63) is 95.1 Å². The maximum atomic E-state index is 12.1. The number of aliphatic carboxylic acids is 1. The van der Waals surface area contributed by atoms with Gasteiger partial charge in [-0.05, 0) is 66.2 Å². The van der Waals surface area contributed by atoms with Crippen LogP contribution in [0, 0.1) is 0 Å². The van der Waals surface area contributed by atoms with Gasteiger partial charge in [-0.2, -0.15) is 5.10 Å². The minimum atomic E-state index is -1.05. The van der Waals surface area contributed by atoms with Gasteiger partial charge >= 0.3 is 5.97 Å². The molecule has 1 heterocycles. The third-order valence-corrected chi connectivity index (χ3v) is 5.91. The molecule has 0 aliphatic carbocycles. The lowest BCUT2D eigenvalue weighted by Crippen LogP contribution is -2.09. The summed E-state index contributed by atoms with van der Waals surface area (Å²) in [5, 5.41) is 15.2. The number of hydrogen-bond acceptors (Lipinski definition) is 4. The van der Waals surface area contributed by atoms with Crippen LogP contribution in [-0.4, -0.2) is 49.0 Å². The van der Waals surface area contributed by atoms with Crippen LogP contribution in [0.5, 0.6) is 0 Å². The molecule has 0 radical (unpaired) electrons. The minimum Gasteiger partial charge on any atom is -0.478 e. The van der Waals surface area contributed by atoms with Crippen LogP contribution >= 0.6 is 11.6 Å². The molecular formula is C28H27ClN4O2. The molecule has 1 aromatic heterocycles. The van der Waals surface area contributed by atoms with Crippen LogP contribution in [0.25, 0.3) is 28.6 Å². The number of benzene rings is 3. The largest absolute Gasteiger partial charge is 0.478 e. The Labute approximate surface area is 210 Å². The average molecular weight is 487 g/mol. The van der Waals surface area contributed by atoms with Crippen molar-refractivity contribution in [3.8, 4) is 16.9 Å². The molecule has 0 unspecified atom stereocenters. The molecule has 3 aromatic carbocycles. The first-order valence-electron chi connectivity index (χ1n) is 11.1. The van der Waals surface area contributed by atoms with Gasteiger partial charge in [0, 0.05) is 50.2 Å². The van der Waals surface area contributed by atoms with Gasteiger partial charge < -0.3 is 14.9 Å². The molecule has 6 nitrogen and oxygen atoms in total. The quantitative estimate of drug-likeness (QED) is 0.327. The van der Waals surface area contributed by atoms with Gasteiger partial charge in [0.1, 0.15) is 0 Å². The molecule has 7 heteroatoms. The van der Waals surface area contributed by atoms with Crippen molar-refractivity contribution in [1.82, 2.24) is 9.78 Å². The summed E-state index contributed by atoms with van der Waals surface area (Å²) in [6, 6.07) is 25.0. The van der Waals surface area contributed by atoms with Crippen molar-refractivity contribution in [1.29, 1.82) is 0 Å². The SMILES string of the molecule is CN(C)c1ccc(-c2cc(/C=C(\C(=O)O)c3cccc(Cl)c3)nn2-c2ccc(N(C)C)cc2)cc1.